The second-order valence-corrected chi connectivity index (χ2v) is 6.71. The molecular weight excluding hydrogens is 330 g/mol. The van der Waals surface area contributed by atoms with Gasteiger partial charge in [0.05, 0.1) is 7.11 Å². The molecule has 5 heteroatoms. The van der Waals surface area contributed by atoms with Crippen LogP contribution in [0.25, 0.3) is 0 Å². The number of hydrogen-bond donors (Lipinski definition) is 1. The van der Waals surface area contributed by atoms with E-state index in [1.54, 1.807) is 14.0 Å². The molecule has 2 atom stereocenters. The maximum absolute atomic E-state index is 12.3. The van der Waals surface area contributed by atoms with Gasteiger partial charge in [0.15, 0.2) is 11.5 Å². The van der Waals surface area contributed by atoms with Crippen molar-refractivity contribution in [2.75, 3.05) is 13.7 Å². The van der Waals surface area contributed by atoms with E-state index in [4.69, 9.17) is 9.47 Å². The Bertz CT molecular complexity index is 818. The molecule has 2 aromatic rings. The van der Waals surface area contributed by atoms with E-state index in [1.807, 2.05) is 48.5 Å². The summed E-state index contributed by atoms with van der Waals surface area (Å²) in [6.45, 7) is 4.01. The molecular formula is C21H23NO4. The van der Waals surface area contributed by atoms with Crippen LogP contribution < -0.4 is 14.8 Å². The molecule has 0 spiro atoms. The lowest BCUT2D eigenvalue weighted by atomic mass is 9.73. The molecule has 1 aliphatic heterocycles. The van der Waals surface area contributed by atoms with Gasteiger partial charge < -0.3 is 14.8 Å². The van der Waals surface area contributed by atoms with E-state index >= 15 is 0 Å². The van der Waals surface area contributed by atoms with Gasteiger partial charge in [-0.2, -0.15) is 0 Å². The number of nitrogens with one attached hydrogen (secondary N) is 1. The molecule has 1 saturated heterocycles. The van der Waals surface area contributed by atoms with Gasteiger partial charge in [-0.25, -0.2) is 0 Å². The van der Waals surface area contributed by atoms with Gasteiger partial charge in [0, 0.05) is 12.5 Å². The highest BCUT2D eigenvalue weighted by atomic mass is 16.5. The van der Waals surface area contributed by atoms with E-state index in [2.05, 4.69) is 5.32 Å². The van der Waals surface area contributed by atoms with Crippen molar-refractivity contribution in [2.45, 2.75) is 26.4 Å². The zero-order chi connectivity index (χ0) is 18.7. The number of Topliss-reactive ketones (excluding diaryl/α,β-unsaturated/α-hetero) is 1. The van der Waals surface area contributed by atoms with Crippen LogP contribution in [0.2, 0.25) is 0 Å². The average Bonchev–Trinajstić information content (AvgIpc) is 2.97. The molecule has 0 aromatic heterocycles. The first-order chi connectivity index (χ1) is 12.5. The van der Waals surface area contributed by atoms with Gasteiger partial charge >= 0.3 is 0 Å². The first kappa shape index (κ1) is 18.0. The minimum atomic E-state index is -1.06. The Balaban J connectivity index is 1.90. The smallest absolute Gasteiger partial charge is 0.234 e. The summed E-state index contributed by atoms with van der Waals surface area (Å²) in [7, 11) is 1.59. The number of hydrogen-bond acceptors (Lipinski definition) is 4. The van der Waals surface area contributed by atoms with Crippen LogP contribution in [-0.2, 0) is 16.2 Å². The van der Waals surface area contributed by atoms with Crippen molar-refractivity contribution >= 4 is 11.7 Å². The molecule has 1 fully saturated rings. The zero-order valence-electron chi connectivity index (χ0n) is 15.2. The quantitative estimate of drug-likeness (QED) is 0.811. The third-order valence-corrected chi connectivity index (χ3v) is 5.19. The van der Waals surface area contributed by atoms with Crippen LogP contribution in [0.4, 0.5) is 0 Å². The van der Waals surface area contributed by atoms with Gasteiger partial charge in [-0.05, 0) is 37.1 Å². The monoisotopic (exact) mass is 353 g/mol. The fraction of sp³-hybridized carbons (Fsp3) is 0.333. The highest BCUT2D eigenvalue weighted by Crippen LogP contribution is 2.43. The number of amides is 1. The summed E-state index contributed by atoms with van der Waals surface area (Å²) in [5.41, 5.74) is 0.863. The van der Waals surface area contributed by atoms with Crippen molar-refractivity contribution in [2.24, 2.45) is 5.41 Å². The van der Waals surface area contributed by atoms with E-state index in [0.717, 1.165) is 11.1 Å². The minimum absolute atomic E-state index is 0.139. The number of ether oxygens (including phenoxy) is 2. The maximum atomic E-state index is 12.3. The Morgan fingerprint density at radius 3 is 2.58 bits per heavy atom. The van der Waals surface area contributed by atoms with Crippen molar-refractivity contribution in [1.82, 2.24) is 5.32 Å². The van der Waals surface area contributed by atoms with Gasteiger partial charge in [-0.1, -0.05) is 36.4 Å². The summed E-state index contributed by atoms with van der Waals surface area (Å²) < 4.78 is 11.4. The third kappa shape index (κ3) is 3.17. The molecule has 0 bridgehead atoms. The van der Waals surface area contributed by atoms with E-state index < -0.39 is 5.41 Å². The highest BCUT2D eigenvalue weighted by molar-refractivity contribution is 6.07. The highest BCUT2D eigenvalue weighted by Gasteiger charge is 2.50. The molecule has 0 unspecified atom stereocenters. The normalized spacial score (nSPS) is 22.0. The maximum Gasteiger partial charge on any atom is 0.234 e. The first-order valence-electron chi connectivity index (χ1n) is 8.60. The second kappa shape index (κ2) is 7.20. The number of carbonyl (C=O) groups is 2. The molecule has 1 amide bonds. The third-order valence-electron chi connectivity index (χ3n) is 5.19. The van der Waals surface area contributed by atoms with Crippen molar-refractivity contribution in [3.63, 3.8) is 0 Å². The lowest BCUT2D eigenvalue weighted by Crippen LogP contribution is -2.37. The molecule has 1 aliphatic rings. The Labute approximate surface area is 153 Å². The number of benzene rings is 2. The van der Waals surface area contributed by atoms with Crippen molar-refractivity contribution in [3.05, 3.63) is 59.7 Å². The van der Waals surface area contributed by atoms with Crippen molar-refractivity contribution in [3.8, 4) is 11.5 Å². The Kier molecular flexibility index (Phi) is 4.98. The predicted molar refractivity (Wildman–Crippen MR) is 98.3 cm³/mol. The van der Waals surface area contributed by atoms with Gasteiger partial charge in [0.25, 0.3) is 0 Å². The molecule has 3 rings (SSSR count). The van der Waals surface area contributed by atoms with Gasteiger partial charge in [-0.3, -0.25) is 9.59 Å². The number of methoxy groups -OCH3 is 1. The van der Waals surface area contributed by atoms with Crippen LogP contribution in [0, 0.1) is 5.41 Å². The predicted octanol–water partition coefficient (Wildman–Crippen LogP) is 3.08. The molecule has 2 aromatic carbocycles. The molecule has 1 N–H and O–H groups in total. The standard InChI is InChI=1S/C21H23NO4/c1-14(23)21(2)17(12-22-20(21)24)16-9-10-18(25-3)19(11-16)26-13-15-7-5-4-6-8-15/h4-11,17H,12-13H2,1-3H3,(H,22,24)/t17-,21-/m0/s1. The first-order valence-corrected chi connectivity index (χ1v) is 8.60. The van der Waals surface area contributed by atoms with E-state index in [0.29, 0.717) is 24.7 Å². The number of rotatable bonds is 6. The number of carbonyl (C=O) groups excluding carboxylic acids is 2. The summed E-state index contributed by atoms with van der Waals surface area (Å²) in [4.78, 5) is 24.4. The van der Waals surface area contributed by atoms with Crippen LogP contribution in [0.1, 0.15) is 30.9 Å². The summed E-state index contributed by atoms with van der Waals surface area (Å²) in [6.07, 6.45) is 0. The molecule has 136 valence electrons. The summed E-state index contributed by atoms with van der Waals surface area (Å²) >= 11 is 0. The van der Waals surface area contributed by atoms with Crippen LogP contribution in [0.3, 0.4) is 0 Å². The van der Waals surface area contributed by atoms with Crippen molar-refractivity contribution in [1.29, 1.82) is 0 Å². The zero-order valence-corrected chi connectivity index (χ0v) is 15.2. The fourth-order valence-corrected chi connectivity index (χ4v) is 3.36. The van der Waals surface area contributed by atoms with Crippen LogP contribution in [0.15, 0.2) is 48.5 Å². The lowest BCUT2D eigenvalue weighted by molar-refractivity contribution is -0.137. The van der Waals surface area contributed by atoms with Gasteiger partial charge in [-0.15, -0.1) is 0 Å². The minimum Gasteiger partial charge on any atom is -0.493 e. The summed E-state index contributed by atoms with van der Waals surface area (Å²) in [5, 5.41) is 2.81. The summed E-state index contributed by atoms with van der Waals surface area (Å²) in [6, 6.07) is 15.4. The molecule has 0 radical (unpaired) electrons. The largest absolute Gasteiger partial charge is 0.493 e. The fourth-order valence-electron chi connectivity index (χ4n) is 3.36. The van der Waals surface area contributed by atoms with Gasteiger partial charge in [0.2, 0.25) is 5.91 Å². The molecule has 5 nitrogen and oxygen atoms in total. The van der Waals surface area contributed by atoms with E-state index in [1.165, 1.54) is 6.92 Å². The lowest BCUT2D eigenvalue weighted by Gasteiger charge is -2.26. The molecule has 1 heterocycles. The van der Waals surface area contributed by atoms with E-state index in [-0.39, 0.29) is 17.6 Å². The Hall–Kier alpha value is -2.82. The van der Waals surface area contributed by atoms with Crippen LogP contribution in [0.5, 0.6) is 11.5 Å². The average molecular weight is 353 g/mol. The van der Waals surface area contributed by atoms with E-state index in [9.17, 15) is 9.59 Å². The Morgan fingerprint density at radius 1 is 1.19 bits per heavy atom. The Morgan fingerprint density at radius 2 is 1.92 bits per heavy atom. The second-order valence-electron chi connectivity index (χ2n) is 6.71. The topological polar surface area (TPSA) is 64.6 Å². The number of ketones is 1. The molecule has 0 saturated carbocycles. The molecule has 26 heavy (non-hydrogen) atoms. The summed E-state index contributed by atoms with van der Waals surface area (Å²) in [5.74, 6) is 0.612. The van der Waals surface area contributed by atoms with Gasteiger partial charge in [0.1, 0.15) is 17.8 Å². The van der Waals surface area contributed by atoms with Crippen LogP contribution in [-0.4, -0.2) is 25.3 Å². The van der Waals surface area contributed by atoms with Crippen LogP contribution >= 0.6 is 0 Å². The molecule has 0 aliphatic carbocycles. The SMILES string of the molecule is COc1ccc([C@@H]2CNC(=O)[C@@]2(C)C(C)=O)cc1OCc1ccccc1. The van der Waals surface area contributed by atoms with Crippen molar-refractivity contribution < 1.29 is 19.1 Å².